The maximum atomic E-state index is 11.8. The molecule has 2 rings (SSSR count). The van der Waals surface area contributed by atoms with Gasteiger partial charge in [0.05, 0.1) is 25.3 Å². The van der Waals surface area contributed by atoms with Gasteiger partial charge in [-0.3, -0.25) is 0 Å². The average molecular weight is 323 g/mol. The van der Waals surface area contributed by atoms with Gasteiger partial charge in [0.15, 0.2) is 0 Å². The van der Waals surface area contributed by atoms with Gasteiger partial charge in [0.2, 0.25) is 0 Å². The second kappa shape index (κ2) is 7.15. The van der Waals surface area contributed by atoms with Gasteiger partial charge in [-0.05, 0) is 5.56 Å². The summed E-state index contributed by atoms with van der Waals surface area (Å²) in [6, 6.07) is 10.4. The van der Waals surface area contributed by atoms with E-state index in [1.54, 1.807) is 0 Å². The van der Waals surface area contributed by atoms with Crippen molar-refractivity contribution >= 4 is 17.6 Å². The minimum absolute atomic E-state index is 0.0498. The first-order valence-corrected chi connectivity index (χ1v) is 6.85. The standard InChI is InChI=1S/C16H15ClO5/c1-21-16(20)14-11(15(17)13(19)7-12(14)18)9-22-8-10-5-3-2-4-6-10/h2-7,18-19H,8-9H2,1H3. The topological polar surface area (TPSA) is 76.0 Å². The van der Waals surface area contributed by atoms with Crippen molar-refractivity contribution in [3.05, 3.63) is 58.1 Å². The Kier molecular flexibility index (Phi) is 5.25. The van der Waals surface area contributed by atoms with Crippen LogP contribution in [-0.4, -0.2) is 23.3 Å². The molecule has 0 spiro atoms. The van der Waals surface area contributed by atoms with Gasteiger partial charge >= 0.3 is 5.97 Å². The maximum Gasteiger partial charge on any atom is 0.342 e. The first-order valence-electron chi connectivity index (χ1n) is 6.48. The third kappa shape index (κ3) is 3.50. The Morgan fingerprint density at radius 1 is 1.14 bits per heavy atom. The molecule has 0 atom stereocenters. The molecule has 2 aromatic carbocycles. The summed E-state index contributed by atoms with van der Waals surface area (Å²) in [5.74, 6) is -1.49. The summed E-state index contributed by atoms with van der Waals surface area (Å²) in [7, 11) is 1.19. The molecule has 0 aliphatic heterocycles. The van der Waals surface area contributed by atoms with Crippen LogP contribution in [0, 0.1) is 0 Å². The average Bonchev–Trinajstić information content (AvgIpc) is 2.52. The number of phenols is 2. The largest absolute Gasteiger partial charge is 0.507 e. The Bertz CT molecular complexity index is 670. The molecular weight excluding hydrogens is 308 g/mol. The number of carbonyl (C=O) groups excluding carboxylic acids is 1. The fraction of sp³-hybridized carbons (Fsp3) is 0.188. The van der Waals surface area contributed by atoms with Crippen molar-refractivity contribution < 1.29 is 24.5 Å². The van der Waals surface area contributed by atoms with Gasteiger partial charge in [-0.1, -0.05) is 41.9 Å². The van der Waals surface area contributed by atoms with Crippen LogP contribution in [0.3, 0.4) is 0 Å². The molecule has 0 saturated heterocycles. The predicted octanol–water partition coefficient (Wildman–Crippen LogP) is 3.25. The zero-order chi connectivity index (χ0) is 16.1. The van der Waals surface area contributed by atoms with Crippen molar-refractivity contribution in [2.24, 2.45) is 0 Å². The highest BCUT2D eigenvalue weighted by atomic mass is 35.5. The Morgan fingerprint density at radius 2 is 1.82 bits per heavy atom. The lowest BCUT2D eigenvalue weighted by Gasteiger charge is -2.13. The van der Waals surface area contributed by atoms with E-state index >= 15 is 0 Å². The summed E-state index contributed by atoms with van der Waals surface area (Å²) in [5, 5.41) is 19.5. The van der Waals surface area contributed by atoms with E-state index < -0.39 is 11.7 Å². The van der Waals surface area contributed by atoms with Crippen LogP contribution in [0.15, 0.2) is 36.4 Å². The molecule has 22 heavy (non-hydrogen) atoms. The minimum atomic E-state index is -0.752. The van der Waals surface area contributed by atoms with Crippen LogP contribution >= 0.6 is 11.6 Å². The van der Waals surface area contributed by atoms with Crippen molar-refractivity contribution in [2.75, 3.05) is 7.11 Å². The first-order chi connectivity index (χ1) is 10.5. The number of hydrogen-bond acceptors (Lipinski definition) is 5. The minimum Gasteiger partial charge on any atom is -0.507 e. The molecule has 0 aliphatic rings. The summed E-state index contributed by atoms with van der Waals surface area (Å²) in [5.41, 5.74) is 1.02. The van der Waals surface area contributed by atoms with Gasteiger partial charge in [-0.25, -0.2) is 4.79 Å². The van der Waals surface area contributed by atoms with Crippen LogP contribution in [0.25, 0.3) is 0 Å². The Labute approximate surface area is 132 Å². The highest BCUT2D eigenvalue weighted by molar-refractivity contribution is 6.33. The summed E-state index contributed by atoms with van der Waals surface area (Å²) >= 11 is 6.00. The number of halogens is 1. The lowest BCUT2D eigenvalue weighted by atomic mass is 10.1. The molecule has 116 valence electrons. The summed E-state index contributed by atoms with van der Waals surface area (Å²) in [6.07, 6.45) is 0. The van der Waals surface area contributed by atoms with Crippen LogP contribution in [0.5, 0.6) is 11.5 Å². The van der Waals surface area contributed by atoms with E-state index in [1.807, 2.05) is 30.3 Å². The summed E-state index contributed by atoms with van der Waals surface area (Å²) in [6.45, 7) is 0.244. The zero-order valence-electron chi connectivity index (χ0n) is 11.9. The van der Waals surface area contributed by atoms with Gasteiger partial charge in [-0.15, -0.1) is 0 Å². The number of carbonyl (C=O) groups is 1. The molecule has 0 heterocycles. The lowest BCUT2D eigenvalue weighted by molar-refractivity contribution is 0.0586. The predicted molar refractivity (Wildman–Crippen MR) is 81.1 cm³/mol. The Hall–Kier alpha value is -2.24. The summed E-state index contributed by atoms with van der Waals surface area (Å²) in [4.78, 5) is 11.8. The second-order valence-corrected chi connectivity index (χ2v) is 4.93. The molecule has 6 heteroatoms. The van der Waals surface area contributed by atoms with Crippen LogP contribution in [0.1, 0.15) is 21.5 Å². The molecule has 0 saturated carbocycles. The molecule has 0 amide bonds. The molecule has 2 aromatic rings. The fourth-order valence-corrected chi connectivity index (χ4v) is 2.20. The Morgan fingerprint density at radius 3 is 2.45 bits per heavy atom. The van der Waals surface area contributed by atoms with Gasteiger partial charge in [-0.2, -0.15) is 0 Å². The molecule has 5 nitrogen and oxygen atoms in total. The molecule has 0 aliphatic carbocycles. The maximum absolute atomic E-state index is 11.8. The molecular formula is C16H15ClO5. The van der Waals surface area contributed by atoms with E-state index in [9.17, 15) is 15.0 Å². The third-order valence-corrected chi connectivity index (χ3v) is 3.49. The van der Waals surface area contributed by atoms with Crippen molar-refractivity contribution in [1.82, 2.24) is 0 Å². The number of aromatic hydroxyl groups is 2. The van der Waals surface area contributed by atoms with Crippen LogP contribution in [0.2, 0.25) is 5.02 Å². The number of ether oxygens (including phenoxy) is 2. The zero-order valence-corrected chi connectivity index (χ0v) is 12.6. The van der Waals surface area contributed by atoms with Crippen molar-refractivity contribution in [1.29, 1.82) is 0 Å². The van der Waals surface area contributed by atoms with Gasteiger partial charge in [0.1, 0.15) is 17.1 Å². The lowest BCUT2D eigenvalue weighted by Crippen LogP contribution is -2.08. The highest BCUT2D eigenvalue weighted by Gasteiger charge is 2.22. The normalized spacial score (nSPS) is 10.5. The number of benzene rings is 2. The second-order valence-electron chi connectivity index (χ2n) is 4.55. The number of esters is 1. The van der Waals surface area contributed by atoms with Crippen LogP contribution < -0.4 is 0 Å². The quantitative estimate of drug-likeness (QED) is 0.826. The molecule has 0 radical (unpaired) electrons. The molecule has 0 aromatic heterocycles. The van der Waals surface area contributed by atoms with Crippen LogP contribution in [-0.2, 0) is 22.7 Å². The molecule has 2 N–H and O–H groups in total. The monoisotopic (exact) mass is 322 g/mol. The van der Waals surface area contributed by atoms with E-state index in [2.05, 4.69) is 4.74 Å². The molecule has 0 unspecified atom stereocenters. The number of methoxy groups -OCH3 is 1. The summed E-state index contributed by atoms with van der Waals surface area (Å²) < 4.78 is 10.1. The number of rotatable bonds is 5. The number of phenolic OH excluding ortho intramolecular Hbond substituents is 2. The van der Waals surface area contributed by atoms with Gasteiger partial charge in [0.25, 0.3) is 0 Å². The highest BCUT2D eigenvalue weighted by Crippen LogP contribution is 2.37. The van der Waals surface area contributed by atoms with Crippen molar-refractivity contribution in [3.8, 4) is 11.5 Å². The van der Waals surface area contributed by atoms with E-state index in [0.29, 0.717) is 6.61 Å². The van der Waals surface area contributed by atoms with Gasteiger partial charge in [0, 0.05) is 11.6 Å². The van der Waals surface area contributed by atoms with Crippen LogP contribution in [0.4, 0.5) is 0 Å². The van der Waals surface area contributed by atoms with Gasteiger partial charge < -0.3 is 19.7 Å². The smallest absolute Gasteiger partial charge is 0.342 e. The van der Waals surface area contributed by atoms with E-state index in [-0.39, 0.29) is 28.5 Å². The Balaban J connectivity index is 2.23. The number of hydrogen-bond donors (Lipinski definition) is 2. The van der Waals surface area contributed by atoms with Crippen molar-refractivity contribution in [2.45, 2.75) is 13.2 Å². The SMILES string of the molecule is COC(=O)c1c(O)cc(O)c(Cl)c1COCc1ccccc1. The van der Waals surface area contributed by atoms with E-state index in [1.165, 1.54) is 7.11 Å². The first kappa shape index (κ1) is 16.1. The fourth-order valence-electron chi connectivity index (χ4n) is 1.99. The van der Waals surface area contributed by atoms with Crippen molar-refractivity contribution in [3.63, 3.8) is 0 Å². The molecule has 0 bridgehead atoms. The van der Waals surface area contributed by atoms with E-state index in [4.69, 9.17) is 16.3 Å². The molecule has 0 fully saturated rings. The van der Waals surface area contributed by atoms with E-state index in [0.717, 1.165) is 11.6 Å². The third-order valence-electron chi connectivity index (χ3n) is 3.07.